The van der Waals surface area contributed by atoms with Crippen molar-refractivity contribution in [1.82, 2.24) is 10.2 Å². The van der Waals surface area contributed by atoms with E-state index in [9.17, 15) is 22.7 Å². The molecule has 1 aromatic carbocycles. The molecule has 0 aliphatic carbocycles. The molecule has 1 heterocycles. The van der Waals surface area contributed by atoms with Crippen LogP contribution in [0.3, 0.4) is 0 Å². The topological polar surface area (TPSA) is 35.5 Å². The molecular weight excluding hydrogens is 312 g/mol. The fourth-order valence-electron chi connectivity index (χ4n) is 3.16. The van der Waals surface area contributed by atoms with Crippen LogP contribution in [0.15, 0.2) is 18.2 Å². The van der Waals surface area contributed by atoms with E-state index in [0.717, 1.165) is 18.2 Å². The molecule has 2 rings (SSSR count). The third kappa shape index (κ3) is 3.84. The zero-order chi connectivity index (χ0) is 17.3. The predicted octanol–water partition coefficient (Wildman–Crippen LogP) is 2.81. The van der Waals surface area contributed by atoms with Gasteiger partial charge in [-0.3, -0.25) is 4.90 Å². The highest BCUT2D eigenvalue weighted by atomic mass is 19.4. The molecule has 1 aliphatic heterocycles. The summed E-state index contributed by atoms with van der Waals surface area (Å²) in [6, 6.07) is 2.17. The van der Waals surface area contributed by atoms with Crippen LogP contribution < -0.4 is 5.32 Å². The fourth-order valence-corrected chi connectivity index (χ4v) is 3.16. The average molecular weight is 334 g/mol. The van der Waals surface area contributed by atoms with Gasteiger partial charge < -0.3 is 10.4 Å². The second kappa shape index (κ2) is 6.75. The lowest BCUT2D eigenvalue weighted by molar-refractivity contribution is -0.139. The number of hydrogen-bond acceptors (Lipinski definition) is 3. The predicted molar refractivity (Wildman–Crippen MR) is 79.5 cm³/mol. The summed E-state index contributed by atoms with van der Waals surface area (Å²) in [5.74, 6) is -0.884. The van der Waals surface area contributed by atoms with Crippen LogP contribution >= 0.6 is 0 Å². The molecule has 130 valence electrons. The Balaban J connectivity index is 2.60. The van der Waals surface area contributed by atoms with Crippen LogP contribution in [0, 0.1) is 11.2 Å². The van der Waals surface area contributed by atoms with E-state index in [1.165, 1.54) is 0 Å². The first-order valence-electron chi connectivity index (χ1n) is 7.59. The number of hydrogen-bond donors (Lipinski definition) is 2. The van der Waals surface area contributed by atoms with E-state index < -0.39 is 29.0 Å². The number of piperazine rings is 1. The van der Waals surface area contributed by atoms with Crippen molar-refractivity contribution in [3.63, 3.8) is 0 Å². The van der Waals surface area contributed by atoms with Crippen LogP contribution in [0.1, 0.15) is 31.0 Å². The average Bonchev–Trinajstić information content (AvgIpc) is 2.49. The lowest BCUT2D eigenvalue weighted by atomic mass is 9.78. The third-order valence-electron chi connectivity index (χ3n) is 4.30. The second-order valence-corrected chi connectivity index (χ2v) is 6.53. The zero-order valence-corrected chi connectivity index (χ0v) is 13.3. The monoisotopic (exact) mass is 334 g/mol. The Hall–Kier alpha value is -1.18. The molecule has 1 aromatic rings. The van der Waals surface area contributed by atoms with Crippen LogP contribution in [0.4, 0.5) is 17.6 Å². The van der Waals surface area contributed by atoms with Gasteiger partial charge in [0.2, 0.25) is 0 Å². The Morgan fingerprint density at radius 3 is 2.35 bits per heavy atom. The highest BCUT2D eigenvalue weighted by molar-refractivity contribution is 5.35. The van der Waals surface area contributed by atoms with E-state index in [2.05, 4.69) is 5.32 Å². The van der Waals surface area contributed by atoms with Gasteiger partial charge in [0.15, 0.2) is 0 Å². The summed E-state index contributed by atoms with van der Waals surface area (Å²) in [6.07, 6.45) is -4.64. The number of benzene rings is 1. The lowest BCUT2D eigenvalue weighted by Gasteiger charge is -2.44. The number of nitrogens with one attached hydrogen (secondary N) is 1. The maximum absolute atomic E-state index is 14.4. The van der Waals surface area contributed by atoms with Gasteiger partial charge in [-0.05, 0) is 12.1 Å². The molecule has 1 fully saturated rings. The minimum absolute atomic E-state index is 0.340. The smallest absolute Gasteiger partial charge is 0.396 e. The Morgan fingerprint density at radius 1 is 1.22 bits per heavy atom. The first-order chi connectivity index (χ1) is 10.7. The maximum Gasteiger partial charge on any atom is 0.416 e. The number of aliphatic hydroxyl groups excluding tert-OH is 1. The van der Waals surface area contributed by atoms with E-state index in [1.807, 2.05) is 4.90 Å². The molecule has 3 nitrogen and oxygen atoms in total. The van der Waals surface area contributed by atoms with Gasteiger partial charge in [-0.15, -0.1) is 0 Å². The first kappa shape index (κ1) is 18.2. The Labute approximate surface area is 133 Å². The van der Waals surface area contributed by atoms with Crippen molar-refractivity contribution >= 4 is 0 Å². The van der Waals surface area contributed by atoms with Gasteiger partial charge in [0.05, 0.1) is 5.56 Å². The van der Waals surface area contributed by atoms with Gasteiger partial charge in [-0.2, -0.15) is 13.2 Å². The van der Waals surface area contributed by atoms with Gasteiger partial charge in [-0.25, -0.2) is 4.39 Å². The number of rotatable bonds is 4. The third-order valence-corrected chi connectivity index (χ3v) is 4.30. The summed E-state index contributed by atoms with van der Waals surface area (Å²) in [5.41, 5.74) is -2.26. The van der Waals surface area contributed by atoms with Gasteiger partial charge in [-0.1, -0.05) is 19.9 Å². The number of halogens is 4. The maximum atomic E-state index is 14.4. The Morgan fingerprint density at radius 2 is 1.83 bits per heavy atom. The highest BCUT2D eigenvalue weighted by Crippen LogP contribution is 2.44. The molecule has 1 aliphatic rings. The van der Waals surface area contributed by atoms with Crippen molar-refractivity contribution < 1.29 is 22.7 Å². The molecule has 2 N–H and O–H groups in total. The summed E-state index contributed by atoms with van der Waals surface area (Å²) in [6.45, 7) is 5.22. The summed E-state index contributed by atoms with van der Waals surface area (Å²) >= 11 is 0. The molecule has 0 unspecified atom stereocenters. The molecule has 0 radical (unpaired) electrons. The molecule has 0 saturated carbocycles. The van der Waals surface area contributed by atoms with Crippen molar-refractivity contribution in [2.45, 2.75) is 26.1 Å². The summed E-state index contributed by atoms with van der Waals surface area (Å²) in [4.78, 5) is 1.82. The molecule has 7 heteroatoms. The van der Waals surface area contributed by atoms with Crippen molar-refractivity contribution in [2.24, 2.45) is 5.41 Å². The van der Waals surface area contributed by atoms with E-state index in [4.69, 9.17) is 0 Å². The van der Waals surface area contributed by atoms with Gasteiger partial charge in [0, 0.05) is 49.8 Å². The first-order valence-corrected chi connectivity index (χ1v) is 7.59. The second-order valence-electron chi connectivity index (χ2n) is 6.53. The minimum Gasteiger partial charge on any atom is -0.396 e. The molecule has 0 aromatic heterocycles. The summed E-state index contributed by atoms with van der Waals surface area (Å²) in [7, 11) is 0. The van der Waals surface area contributed by atoms with Gasteiger partial charge in [0.1, 0.15) is 5.82 Å². The SMILES string of the molecule is CC(C)(CO)[C@@H](c1c(F)cccc1C(F)(F)F)N1CCNCC1. The van der Waals surface area contributed by atoms with Gasteiger partial charge >= 0.3 is 6.18 Å². The van der Waals surface area contributed by atoms with Crippen LogP contribution in [0.2, 0.25) is 0 Å². The molecule has 0 bridgehead atoms. The lowest BCUT2D eigenvalue weighted by Crippen LogP contribution is -2.50. The van der Waals surface area contributed by atoms with E-state index in [1.54, 1.807) is 13.8 Å². The van der Waals surface area contributed by atoms with Crippen LogP contribution in [-0.2, 0) is 6.18 Å². The van der Waals surface area contributed by atoms with Crippen molar-refractivity contribution in [3.8, 4) is 0 Å². The van der Waals surface area contributed by atoms with Crippen LogP contribution in [0.5, 0.6) is 0 Å². The van der Waals surface area contributed by atoms with Crippen LogP contribution in [-0.4, -0.2) is 42.8 Å². The highest BCUT2D eigenvalue weighted by Gasteiger charge is 2.43. The number of alkyl halides is 3. The standard InChI is InChI=1S/C16H22F4N2O/c1-15(2,10-23)14(22-8-6-21-7-9-22)13-11(16(18,19)20)4-3-5-12(13)17/h3-5,14,21,23H,6-10H2,1-2H3/t14-/m1/s1. The normalized spacial score (nSPS) is 18.9. The molecule has 0 spiro atoms. The molecule has 23 heavy (non-hydrogen) atoms. The number of aliphatic hydroxyl groups is 1. The van der Waals surface area contributed by atoms with Gasteiger partial charge in [0.25, 0.3) is 0 Å². The van der Waals surface area contributed by atoms with Crippen molar-refractivity contribution in [1.29, 1.82) is 0 Å². The molecular formula is C16H22F4N2O. The Kier molecular flexibility index (Phi) is 5.33. The molecule has 1 atom stereocenters. The van der Waals surface area contributed by atoms with Crippen LogP contribution in [0.25, 0.3) is 0 Å². The summed E-state index contributed by atoms with van der Waals surface area (Å²) in [5, 5.41) is 12.8. The quantitative estimate of drug-likeness (QED) is 0.831. The molecule has 1 saturated heterocycles. The summed E-state index contributed by atoms with van der Waals surface area (Å²) < 4.78 is 54.6. The number of nitrogens with zero attached hydrogens (tertiary/aromatic N) is 1. The largest absolute Gasteiger partial charge is 0.416 e. The van der Waals surface area contributed by atoms with Crippen molar-refractivity contribution in [2.75, 3.05) is 32.8 Å². The minimum atomic E-state index is -4.64. The van der Waals surface area contributed by atoms with E-state index in [-0.39, 0.29) is 12.2 Å². The zero-order valence-electron chi connectivity index (χ0n) is 13.3. The Bertz CT molecular complexity index is 539. The van der Waals surface area contributed by atoms with E-state index in [0.29, 0.717) is 26.2 Å². The molecule has 0 amide bonds. The van der Waals surface area contributed by atoms with E-state index >= 15 is 0 Å². The van der Waals surface area contributed by atoms with Crippen molar-refractivity contribution in [3.05, 3.63) is 35.1 Å². The fraction of sp³-hybridized carbons (Fsp3) is 0.625.